The Morgan fingerprint density at radius 3 is 2.64 bits per heavy atom. The predicted octanol–water partition coefficient (Wildman–Crippen LogP) is 0.216. The van der Waals surface area contributed by atoms with Crippen LogP contribution in [0.4, 0.5) is 0 Å². The number of rotatable bonds is 7. The summed E-state index contributed by atoms with van der Waals surface area (Å²) in [5.74, 6) is 1.68. The van der Waals surface area contributed by atoms with Gasteiger partial charge in [-0.2, -0.15) is 0 Å². The lowest BCUT2D eigenvalue weighted by atomic mass is 10.1. The lowest BCUT2D eigenvalue weighted by Crippen LogP contribution is -2.44. The summed E-state index contributed by atoms with van der Waals surface area (Å²) in [5, 5.41) is 6.81. The van der Waals surface area contributed by atoms with Gasteiger partial charge in [0.15, 0.2) is 5.96 Å². The van der Waals surface area contributed by atoms with Crippen molar-refractivity contribution >= 4 is 5.96 Å². The quantitative estimate of drug-likeness (QED) is 0.520. The topological polar surface area (TPSA) is 52.1 Å². The highest BCUT2D eigenvalue weighted by atomic mass is 16.5. The molecule has 0 aromatic carbocycles. The number of aliphatic imine (C=N–C) groups is 1. The maximum absolute atomic E-state index is 5.38. The molecule has 0 saturated carbocycles. The third kappa shape index (κ3) is 6.10. The van der Waals surface area contributed by atoms with Crippen molar-refractivity contribution in [3.63, 3.8) is 0 Å². The van der Waals surface area contributed by atoms with Crippen molar-refractivity contribution in [2.24, 2.45) is 10.9 Å². The monoisotopic (exact) mass is 311 g/mol. The average Bonchev–Trinajstić information content (AvgIpc) is 3.02. The molecule has 2 N–H and O–H groups in total. The van der Waals surface area contributed by atoms with Crippen LogP contribution < -0.4 is 10.6 Å². The summed E-state index contributed by atoms with van der Waals surface area (Å²) in [7, 11) is 0. The molecule has 6 nitrogen and oxygen atoms in total. The van der Waals surface area contributed by atoms with Crippen LogP contribution in [0.1, 0.15) is 20.3 Å². The second kappa shape index (κ2) is 10.0. The first-order chi connectivity index (χ1) is 10.8. The molecule has 2 fully saturated rings. The molecule has 22 heavy (non-hydrogen) atoms. The summed E-state index contributed by atoms with van der Waals surface area (Å²) in [4.78, 5) is 9.72. The number of nitrogens with zero attached hydrogens (tertiary/aromatic N) is 3. The van der Waals surface area contributed by atoms with Crippen LogP contribution in [0, 0.1) is 5.92 Å². The Morgan fingerprint density at radius 2 is 1.95 bits per heavy atom. The molecule has 0 amide bonds. The van der Waals surface area contributed by atoms with Crippen molar-refractivity contribution in [1.29, 1.82) is 0 Å². The second-order valence-corrected chi connectivity index (χ2v) is 6.15. The number of nitrogens with one attached hydrogen (secondary N) is 2. The van der Waals surface area contributed by atoms with Gasteiger partial charge >= 0.3 is 0 Å². The Balaban J connectivity index is 1.68. The molecule has 1 atom stereocenters. The predicted molar refractivity (Wildman–Crippen MR) is 91.5 cm³/mol. The number of hydrogen-bond acceptors (Lipinski definition) is 4. The van der Waals surface area contributed by atoms with Gasteiger partial charge in [0.05, 0.1) is 13.2 Å². The highest BCUT2D eigenvalue weighted by molar-refractivity contribution is 5.79. The molecule has 128 valence electrons. The SMILES string of the molecule is CCNC(=NCC1CCN(CC)C1)NCCN1CCOCC1. The number of ether oxygens (including phenoxy) is 1. The van der Waals surface area contributed by atoms with E-state index >= 15 is 0 Å². The number of guanidine groups is 1. The van der Waals surface area contributed by atoms with Crippen molar-refractivity contribution in [1.82, 2.24) is 20.4 Å². The molecule has 2 saturated heterocycles. The Kier molecular flexibility index (Phi) is 7.98. The van der Waals surface area contributed by atoms with Crippen LogP contribution >= 0.6 is 0 Å². The third-order valence-electron chi connectivity index (χ3n) is 4.49. The van der Waals surface area contributed by atoms with E-state index in [1.807, 2.05) is 0 Å². The zero-order chi connectivity index (χ0) is 15.6. The van der Waals surface area contributed by atoms with Crippen molar-refractivity contribution in [3.8, 4) is 0 Å². The van der Waals surface area contributed by atoms with Crippen molar-refractivity contribution in [3.05, 3.63) is 0 Å². The molecule has 2 aliphatic heterocycles. The minimum Gasteiger partial charge on any atom is -0.379 e. The van der Waals surface area contributed by atoms with E-state index in [1.54, 1.807) is 0 Å². The second-order valence-electron chi connectivity index (χ2n) is 6.15. The normalized spacial score (nSPS) is 24.6. The zero-order valence-electron chi connectivity index (χ0n) is 14.3. The Labute approximate surface area is 135 Å². The largest absolute Gasteiger partial charge is 0.379 e. The van der Waals surface area contributed by atoms with E-state index in [0.29, 0.717) is 0 Å². The smallest absolute Gasteiger partial charge is 0.191 e. The molecule has 6 heteroatoms. The zero-order valence-corrected chi connectivity index (χ0v) is 14.3. The Morgan fingerprint density at radius 1 is 1.14 bits per heavy atom. The first kappa shape index (κ1) is 17.5. The number of likely N-dealkylation sites (tertiary alicyclic amines) is 1. The van der Waals surface area contributed by atoms with Crippen LogP contribution in [0.15, 0.2) is 4.99 Å². The number of hydrogen-bond donors (Lipinski definition) is 2. The van der Waals surface area contributed by atoms with E-state index in [9.17, 15) is 0 Å². The van der Waals surface area contributed by atoms with Gasteiger partial charge in [-0.15, -0.1) is 0 Å². The van der Waals surface area contributed by atoms with E-state index in [2.05, 4.69) is 34.3 Å². The van der Waals surface area contributed by atoms with Gasteiger partial charge in [-0.3, -0.25) is 9.89 Å². The van der Waals surface area contributed by atoms with Crippen LogP contribution in [0.25, 0.3) is 0 Å². The number of morpholine rings is 1. The van der Waals surface area contributed by atoms with Crippen LogP contribution in [-0.4, -0.2) is 87.9 Å². The van der Waals surface area contributed by atoms with Crippen LogP contribution in [-0.2, 0) is 4.74 Å². The van der Waals surface area contributed by atoms with Gasteiger partial charge in [0.2, 0.25) is 0 Å². The van der Waals surface area contributed by atoms with Gasteiger partial charge < -0.3 is 20.3 Å². The van der Waals surface area contributed by atoms with Gasteiger partial charge in [-0.25, -0.2) is 0 Å². The van der Waals surface area contributed by atoms with E-state index in [1.165, 1.54) is 19.5 Å². The van der Waals surface area contributed by atoms with Crippen LogP contribution in [0.2, 0.25) is 0 Å². The van der Waals surface area contributed by atoms with Crippen molar-refractivity contribution in [2.45, 2.75) is 20.3 Å². The molecule has 0 spiro atoms. The fraction of sp³-hybridized carbons (Fsp3) is 0.938. The lowest BCUT2D eigenvalue weighted by molar-refractivity contribution is 0.0389. The molecule has 0 radical (unpaired) electrons. The summed E-state index contributed by atoms with van der Waals surface area (Å²) < 4.78 is 5.38. The summed E-state index contributed by atoms with van der Waals surface area (Å²) in [6, 6.07) is 0. The Bertz CT molecular complexity index is 330. The first-order valence-corrected chi connectivity index (χ1v) is 8.86. The average molecular weight is 311 g/mol. The molecule has 0 aliphatic carbocycles. The summed E-state index contributed by atoms with van der Waals surface area (Å²) in [6.45, 7) is 15.6. The molecule has 2 aliphatic rings. The summed E-state index contributed by atoms with van der Waals surface area (Å²) in [5.41, 5.74) is 0. The molecular formula is C16H33N5O. The molecule has 0 aromatic rings. The highest BCUT2D eigenvalue weighted by Gasteiger charge is 2.20. The molecule has 2 heterocycles. The molecule has 1 unspecified atom stereocenters. The summed E-state index contributed by atoms with van der Waals surface area (Å²) in [6.07, 6.45) is 1.28. The van der Waals surface area contributed by atoms with E-state index in [0.717, 1.165) is 70.9 Å². The van der Waals surface area contributed by atoms with Gasteiger partial charge in [0.1, 0.15) is 0 Å². The highest BCUT2D eigenvalue weighted by Crippen LogP contribution is 2.15. The van der Waals surface area contributed by atoms with E-state index in [4.69, 9.17) is 9.73 Å². The van der Waals surface area contributed by atoms with Gasteiger partial charge in [-0.05, 0) is 32.4 Å². The van der Waals surface area contributed by atoms with Crippen molar-refractivity contribution in [2.75, 3.05) is 72.1 Å². The molecule has 2 rings (SSSR count). The van der Waals surface area contributed by atoms with Crippen molar-refractivity contribution < 1.29 is 4.74 Å². The molecular weight excluding hydrogens is 278 g/mol. The van der Waals surface area contributed by atoms with Gasteiger partial charge in [0, 0.05) is 45.8 Å². The first-order valence-electron chi connectivity index (χ1n) is 8.86. The van der Waals surface area contributed by atoms with Gasteiger partial charge in [-0.1, -0.05) is 6.92 Å². The molecule has 0 aromatic heterocycles. The third-order valence-corrected chi connectivity index (χ3v) is 4.49. The van der Waals surface area contributed by atoms with E-state index < -0.39 is 0 Å². The minimum absolute atomic E-state index is 0.717. The standard InChI is InChI=1S/C16H33N5O/c1-3-17-16(18-6-8-21-9-11-22-12-10-21)19-13-15-5-7-20(4-2)14-15/h15H,3-14H2,1-2H3,(H2,17,18,19). The van der Waals surface area contributed by atoms with Crippen LogP contribution in [0.3, 0.4) is 0 Å². The van der Waals surface area contributed by atoms with Gasteiger partial charge in [0.25, 0.3) is 0 Å². The fourth-order valence-electron chi connectivity index (χ4n) is 3.07. The van der Waals surface area contributed by atoms with Crippen LogP contribution in [0.5, 0.6) is 0 Å². The maximum Gasteiger partial charge on any atom is 0.191 e. The maximum atomic E-state index is 5.38. The minimum atomic E-state index is 0.717. The lowest BCUT2D eigenvalue weighted by Gasteiger charge is -2.26. The Hall–Kier alpha value is -0.850. The van der Waals surface area contributed by atoms with E-state index in [-0.39, 0.29) is 0 Å². The summed E-state index contributed by atoms with van der Waals surface area (Å²) >= 11 is 0. The molecule has 0 bridgehead atoms. The fourth-order valence-corrected chi connectivity index (χ4v) is 3.07.